The summed E-state index contributed by atoms with van der Waals surface area (Å²) in [6, 6.07) is 11.6. The van der Waals surface area contributed by atoms with Gasteiger partial charge in [0, 0.05) is 18.1 Å². The molecule has 0 aliphatic carbocycles. The van der Waals surface area contributed by atoms with Crippen LogP contribution in [0, 0.1) is 6.92 Å². The lowest BCUT2D eigenvalue weighted by Crippen LogP contribution is -2.11. The Morgan fingerprint density at radius 2 is 1.54 bits per heavy atom. The quantitative estimate of drug-likeness (QED) is 0.478. The summed E-state index contributed by atoms with van der Waals surface area (Å²) in [5, 5.41) is 0. The minimum Gasteiger partial charge on any atom is -0.461 e. The fraction of sp³-hybridized carbons (Fsp3) is 0.211. The van der Waals surface area contributed by atoms with Crippen molar-refractivity contribution in [3.8, 4) is 5.75 Å². The molecule has 5 heteroatoms. The van der Waals surface area contributed by atoms with Crippen LogP contribution in [0.15, 0.2) is 42.5 Å². The van der Waals surface area contributed by atoms with E-state index in [1.54, 1.807) is 24.3 Å². The van der Waals surface area contributed by atoms with Crippen molar-refractivity contribution in [3.63, 3.8) is 0 Å². The van der Waals surface area contributed by atoms with Crippen molar-refractivity contribution in [1.29, 1.82) is 0 Å². The maximum absolute atomic E-state index is 12.2. The molecule has 0 aliphatic rings. The van der Waals surface area contributed by atoms with Gasteiger partial charge in [-0.2, -0.15) is 0 Å². The number of ether oxygens (including phenoxy) is 2. The van der Waals surface area contributed by atoms with E-state index >= 15 is 0 Å². The summed E-state index contributed by atoms with van der Waals surface area (Å²) in [5.41, 5.74) is 2.35. The SMILES string of the molecule is CC(=O)OCc1cc(C(C)=O)ccc1OC(=O)c1ccc(C)cc1. The predicted molar refractivity (Wildman–Crippen MR) is 88.1 cm³/mol. The van der Waals surface area contributed by atoms with E-state index in [0.29, 0.717) is 16.7 Å². The average Bonchev–Trinajstić information content (AvgIpc) is 2.54. The number of hydrogen-bond donors (Lipinski definition) is 0. The Morgan fingerprint density at radius 3 is 2.12 bits per heavy atom. The third kappa shape index (κ3) is 4.52. The van der Waals surface area contributed by atoms with E-state index in [2.05, 4.69) is 0 Å². The Bertz CT molecular complexity index is 775. The molecule has 2 rings (SSSR count). The van der Waals surface area contributed by atoms with Gasteiger partial charge in [-0.1, -0.05) is 17.7 Å². The lowest BCUT2D eigenvalue weighted by atomic mass is 10.1. The lowest BCUT2D eigenvalue weighted by molar-refractivity contribution is -0.142. The van der Waals surface area contributed by atoms with E-state index < -0.39 is 11.9 Å². The summed E-state index contributed by atoms with van der Waals surface area (Å²) in [6.07, 6.45) is 0. The monoisotopic (exact) mass is 326 g/mol. The number of Topliss-reactive ketones (excluding diaryl/α,β-unsaturated/α-hetero) is 1. The van der Waals surface area contributed by atoms with Crippen LogP contribution in [0.25, 0.3) is 0 Å². The van der Waals surface area contributed by atoms with Gasteiger partial charge >= 0.3 is 11.9 Å². The summed E-state index contributed by atoms with van der Waals surface area (Å²) in [5.74, 6) is -0.851. The van der Waals surface area contributed by atoms with Gasteiger partial charge in [0.1, 0.15) is 12.4 Å². The molecule has 0 aliphatic heterocycles. The van der Waals surface area contributed by atoms with E-state index in [4.69, 9.17) is 9.47 Å². The second kappa shape index (κ2) is 7.55. The number of esters is 2. The Morgan fingerprint density at radius 1 is 0.917 bits per heavy atom. The molecule has 2 aromatic carbocycles. The molecule has 2 aromatic rings. The first-order valence-corrected chi connectivity index (χ1v) is 7.43. The Kier molecular flexibility index (Phi) is 5.47. The molecule has 0 saturated heterocycles. The highest BCUT2D eigenvalue weighted by Gasteiger charge is 2.14. The second-order valence-corrected chi connectivity index (χ2v) is 5.41. The molecule has 0 atom stereocenters. The number of carbonyl (C=O) groups is 3. The van der Waals surface area contributed by atoms with Gasteiger partial charge < -0.3 is 9.47 Å². The maximum Gasteiger partial charge on any atom is 0.343 e. The van der Waals surface area contributed by atoms with Crippen molar-refractivity contribution < 1.29 is 23.9 Å². The smallest absolute Gasteiger partial charge is 0.343 e. The van der Waals surface area contributed by atoms with Gasteiger partial charge in [-0.25, -0.2) is 4.79 Å². The Labute approximate surface area is 140 Å². The van der Waals surface area contributed by atoms with Crippen molar-refractivity contribution in [2.24, 2.45) is 0 Å². The zero-order chi connectivity index (χ0) is 17.7. The molecular formula is C19H18O5. The molecule has 5 nitrogen and oxygen atoms in total. The van der Waals surface area contributed by atoms with Crippen LogP contribution >= 0.6 is 0 Å². The van der Waals surface area contributed by atoms with E-state index in [9.17, 15) is 14.4 Å². The van der Waals surface area contributed by atoms with Crippen LogP contribution in [-0.2, 0) is 16.1 Å². The van der Waals surface area contributed by atoms with Crippen LogP contribution in [0.1, 0.15) is 45.7 Å². The first-order chi connectivity index (χ1) is 11.4. The molecular weight excluding hydrogens is 308 g/mol. The summed E-state index contributed by atoms with van der Waals surface area (Å²) >= 11 is 0. The normalized spacial score (nSPS) is 10.1. The molecule has 24 heavy (non-hydrogen) atoms. The van der Waals surface area contributed by atoms with Gasteiger partial charge in [0.15, 0.2) is 5.78 Å². The van der Waals surface area contributed by atoms with Crippen LogP contribution in [0.3, 0.4) is 0 Å². The van der Waals surface area contributed by atoms with Crippen molar-refractivity contribution in [1.82, 2.24) is 0 Å². The summed E-state index contributed by atoms with van der Waals surface area (Å²) < 4.78 is 10.4. The van der Waals surface area contributed by atoms with Crippen LogP contribution in [-0.4, -0.2) is 17.7 Å². The molecule has 0 amide bonds. The first-order valence-electron chi connectivity index (χ1n) is 7.43. The molecule has 124 valence electrons. The molecule has 0 spiro atoms. The highest BCUT2D eigenvalue weighted by Crippen LogP contribution is 2.23. The maximum atomic E-state index is 12.2. The topological polar surface area (TPSA) is 69.7 Å². The van der Waals surface area contributed by atoms with Gasteiger partial charge in [0.2, 0.25) is 0 Å². The summed E-state index contributed by atoms with van der Waals surface area (Å²) in [7, 11) is 0. The fourth-order valence-electron chi connectivity index (χ4n) is 2.04. The molecule has 0 fully saturated rings. The van der Waals surface area contributed by atoms with Gasteiger partial charge in [-0.3, -0.25) is 9.59 Å². The summed E-state index contributed by atoms with van der Waals surface area (Å²) in [6.45, 7) is 4.56. The highest BCUT2D eigenvalue weighted by molar-refractivity contribution is 5.95. The van der Waals surface area contributed by atoms with E-state index in [0.717, 1.165) is 5.56 Å². The lowest BCUT2D eigenvalue weighted by Gasteiger charge is -2.11. The third-order valence-electron chi connectivity index (χ3n) is 3.39. The van der Waals surface area contributed by atoms with Crippen LogP contribution in [0.4, 0.5) is 0 Å². The number of aryl methyl sites for hydroxylation is 1. The van der Waals surface area contributed by atoms with Crippen molar-refractivity contribution in [2.75, 3.05) is 0 Å². The van der Waals surface area contributed by atoms with Gasteiger partial charge in [0.05, 0.1) is 5.56 Å². The summed E-state index contributed by atoms with van der Waals surface area (Å²) in [4.78, 5) is 34.8. The number of rotatable bonds is 5. The van der Waals surface area contributed by atoms with Crippen molar-refractivity contribution in [2.45, 2.75) is 27.4 Å². The molecule has 0 radical (unpaired) electrons. The number of ketones is 1. The zero-order valence-electron chi connectivity index (χ0n) is 13.8. The molecule has 0 N–H and O–H groups in total. The molecule has 0 unspecified atom stereocenters. The minimum atomic E-state index is -0.519. The number of benzene rings is 2. The van der Waals surface area contributed by atoms with E-state index in [1.807, 2.05) is 19.1 Å². The van der Waals surface area contributed by atoms with Gasteiger partial charge in [-0.15, -0.1) is 0 Å². The van der Waals surface area contributed by atoms with Crippen LogP contribution < -0.4 is 4.74 Å². The first kappa shape index (κ1) is 17.4. The van der Waals surface area contributed by atoms with E-state index in [1.165, 1.54) is 19.9 Å². The average molecular weight is 326 g/mol. The Hall–Kier alpha value is -2.95. The molecule has 0 aromatic heterocycles. The van der Waals surface area contributed by atoms with Crippen molar-refractivity contribution >= 4 is 17.7 Å². The zero-order valence-corrected chi connectivity index (χ0v) is 13.8. The standard InChI is InChI=1S/C19H18O5/c1-12-4-6-15(7-5-12)19(22)24-18-9-8-16(13(2)20)10-17(18)11-23-14(3)21/h4-10H,11H2,1-3H3. The van der Waals surface area contributed by atoms with Crippen LogP contribution in [0.2, 0.25) is 0 Å². The third-order valence-corrected chi connectivity index (χ3v) is 3.39. The van der Waals surface area contributed by atoms with E-state index in [-0.39, 0.29) is 18.1 Å². The van der Waals surface area contributed by atoms with Gasteiger partial charge in [0.25, 0.3) is 0 Å². The van der Waals surface area contributed by atoms with Gasteiger partial charge in [-0.05, 0) is 44.2 Å². The predicted octanol–water partition coefficient (Wildman–Crippen LogP) is 3.48. The molecule has 0 heterocycles. The Balaban J connectivity index is 2.26. The largest absolute Gasteiger partial charge is 0.461 e. The second-order valence-electron chi connectivity index (χ2n) is 5.41. The number of carbonyl (C=O) groups excluding carboxylic acids is 3. The van der Waals surface area contributed by atoms with Crippen molar-refractivity contribution in [3.05, 3.63) is 64.7 Å². The fourth-order valence-corrected chi connectivity index (χ4v) is 2.04. The number of hydrogen-bond acceptors (Lipinski definition) is 5. The molecule has 0 saturated carbocycles. The van der Waals surface area contributed by atoms with Crippen LogP contribution in [0.5, 0.6) is 5.75 Å². The minimum absolute atomic E-state index is 0.0764. The highest BCUT2D eigenvalue weighted by atomic mass is 16.5. The molecule has 0 bridgehead atoms.